The van der Waals surface area contributed by atoms with Gasteiger partial charge in [-0.2, -0.15) is 5.26 Å². The Balaban J connectivity index is 4.73. The van der Waals surface area contributed by atoms with Crippen molar-refractivity contribution in [2.75, 3.05) is 20.1 Å². The second kappa shape index (κ2) is 7.54. The van der Waals surface area contributed by atoms with Crippen LogP contribution >= 0.6 is 0 Å². The second-order valence-electron chi connectivity index (χ2n) is 4.77. The molecular formula is C12H21N3O3. The van der Waals surface area contributed by atoms with Crippen LogP contribution in [0.3, 0.4) is 0 Å². The number of rotatable bonds is 6. The van der Waals surface area contributed by atoms with Crippen LogP contribution < -0.4 is 0 Å². The van der Waals surface area contributed by atoms with Crippen LogP contribution in [0.4, 0.5) is 4.79 Å². The molecule has 0 bridgehead atoms. The Morgan fingerprint density at radius 3 is 2.28 bits per heavy atom. The van der Waals surface area contributed by atoms with Crippen LogP contribution in [0.25, 0.3) is 0 Å². The molecule has 0 aliphatic rings. The Hall–Kier alpha value is -1.77. The maximum absolute atomic E-state index is 12.1. The Morgan fingerprint density at radius 1 is 1.33 bits per heavy atom. The van der Waals surface area contributed by atoms with Crippen LogP contribution in [-0.4, -0.2) is 53.1 Å². The Bertz CT molecular complexity index is 336. The molecule has 0 aromatic heterocycles. The number of amides is 2. The predicted molar refractivity (Wildman–Crippen MR) is 66.9 cm³/mol. The maximum atomic E-state index is 12.1. The van der Waals surface area contributed by atoms with Crippen molar-refractivity contribution in [2.24, 2.45) is 5.92 Å². The van der Waals surface area contributed by atoms with E-state index in [9.17, 15) is 9.59 Å². The molecule has 102 valence electrons. The van der Waals surface area contributed by atoms with Crippen LogP contribution in [0.15, 0.2) is 0 Å². The number of nitrogens with zero attached hydrogens (tertiary/aromatic N) is 3. The molecule has 1 unspecified atom stereocenters. The quantitative estimate of drug-likeness (QED) is 0.777. The van der Waals surface area contributed by atoms with Gasteiger partial charge in [0.1, 0.15) is 6.54 Å². The van der Waals surface area contributed by atoms with Gasteiger partial charge in [-0.1, -0.05) is 13.8 Å². The minimum absolute atomic E-state index is 0.188. The normalized spacial score (nSPS) is 11.8. The van der Waals surface area contributed by atoms with E-state index < -0.39 is 5.97 Å². The summed E-state index contributed by atoms with van der Waals surface area (Å²) in [6.07, 6.45) is 0.227. The van der Waals surface area contributed by atoms with E-state index in [1.54, 1.807) is 14.0 Å². The summed E-state index contributed by atoms with van der Waals surface area (Å²) in [6.45, 7) is 5.66. The fourth-order valence-electron chi connectivity index (χ4n) is 1.49. The number of carboxylic acids is 1. The highest BCUT2D eigenvalue weighted by Gasteiger charge is 2.24. The van der Waals surface area contributed by atoms with Gasteiger partial charge >= 0.3 is 12.0 Å². The topological polar surface area (TPSA) is 84.6 Å². The zero-order chi connectivity index (χ0) is 14.3. The van der Waals surface area contributed by atoms with Gasteiger partial charge in [0.15, 0.2) is 0 Å². The predicted octanol–water partition coefficient (Wildman–Crippen LogP) is 1.38. The largest absolute Gasteiger partial charge is 0.480 e. The monoisotopic (exact) mass is 255 g/mol. The summed E-state index contributed by atoms with van der Waals surface area (Å²) in [5, 5.41) is 17.4. The lowest BCUT2D eigenvalue weighted by Gasteiger charge is -2.31. The van der Waals surface area contributed by atoms with Gasteiger partial charge in [-0.05, 0) is 12.8 Å². The van der Waals surface area contributed by atoms with Gasteiger partial charge in [0.05, 0.1) is 12.5 Å². The molecule has 0 radical (unpaired) electrons. The Morgan fingerprint density at radius 2 is 1.89 bits per heavy atom. The van der Waals surface area contributed by atoms with E-state index in [1.807, 2.05) is 19.9 Å². The van der Waals surface area contributed by atoms with Crippen molar-refractivity contribution >= 4 is 12.0 Å². The summed E-state index contributed by atoms with van der Waals surface area (Å²) < 4.78 is 0. The maximum Gasteiger partial charge on any atom is 0.323 e. The van der Waals surface area contributed by atoms with Crippen molar-refractivity contribution in [1.82, 2.24) is 9.80 Å². The third kappa shape index (κ3) is 5.53. The highest BCUT2D eigenvalue weighted by atomic mass is 16.4. The fourth-order valence-corrected chi connectivity index (χ4v) is 1.49. The van der Waals surface area contributed by atoms with E-state index in [4.69, 9.17) is 10.4 Å². The number of carbonyl (C=O) groups is 2. The number of nitriles is 1. The van der Waals surface area contributed by atoms with E-state index >= 15 is 0 Å². The number of urea groups is 1. The smallest absolute Gasteiger partial charge is 0.323 e. The molecule has 0 aromatic rings. The van der Waals surface area contributed by atoms with Gasteiger partial charge in [-0.25, -0.2) is 4.79 Å². The molecule has 0 rings (SSSR count). The van der Waals surface area contributed by atoms with Crippen molar-refractivity contribution in [3.05, 3.63) is 0 Å². The first kappa shape index (κ1) is 16.2. The highest BCUT2D eigenvalue weighted by Crippen LogP contribution is 2.07. The molecule has 0 aliphatic carbocycles. The Labute approximate surface area is 108 Å². The fraction of sp³-hybridized carbons (Fsp3) is 0.750. The molecule has 0 aliphatic heterocycles. The van der Waals surface area contributed by atoms with E-state index in [2.05, 4.69) is 0 Å². The van der Waals surface area contributed by atoms with Crippen LogP contribution in [0.5, 0.6) is 0 Å². The van der Waals surface area contributed by atoms with Crippen molar-refractivity contribution in [1.29, 1.82) is 5.26 Å². The van der Waals surface area contributed by atoms with Gasteiger partial charge in [0.25, 0.3) is 0 Å². The van der Waals surface area contributed by atoms with Gasteiger partial charge < -0.3 is 14.9 Å². The average molecular weight is 255 g/mol. The molecule has 2 amide bonds. The zero-order valence-electron chi connectivity index (χ0n) is 11.4. The van der Waals surface area contributed by atoms with Crippen molar-refractivity contribution in [3.8, 4) is 6.07 Å². The summed E-state index contributed by atoms with van der Waals surface area (Å²) in [7, 11) is 1.58. The lowest BCUT2D eigenvalue weighted by atomic mass is 10.2. The first-order chi connectivity index (χ1) is 8.29. The average Bonchev–Trinajstić information content (AvgIpc) is 2.25. The van der Waals surface area contributed by atoms with Gasteiger partial charge in [0, 0.05) is 19.6 Å². The van der Waals surface area contributed by atoms with Gasteiger partial charge in [-0.15, -0.1) is 0 Å². The number of carboxylic acid groups (broad SMARTS) is 1. The number of carbonyl (C=O) groups excluding carboxylic acids is 1. The first-order valence-electron chi connectivity index (χ1n) is 5.90. The minimum Gasteiger partial charge on any atom is -0.480 e. The lowest BCUT2D eigenvalue weighted by Crippen LogP contribution is -2.48. The molecule has 0 saturated carbocycles. The van der Waals surface area contributed by atoms with Crippen LogP contribution in [0.1, 0.15) is 27.2 Å². The molecule has 6 heteroatoms. The molecular weight excluding hydrogens is 234 g/mol. The number of hydrogen-bond donors (Lipinski definition) is 1. The lowest BCUT2D eigenvalue weighted by molar-refractivity contribution is -0.137. The van der Waals surface area contributed by atoms with Crippen molar-refractivity contribution in [3.63, 3.8) is 0 Å². The van der Waals surface area contributed by atoms with Crippen molar-refractivity contribution in [2.45, 2.75) is 33.2 Å². The third-order valence-electron chi connectivity index (χ3n) is 2.53. The van der Waals surface area contributed by atoms with E-state index in [1.165, 1.54) is 9.80 Å². The van der Waals surface area contributed by atoms with Crippen LogP contribution in [0.2, 0.25) is 0 Å². The van der Waals surface area contributed by atoms with Crippen molar-refractivity contribution < 1.29 is 14.7 Å². The molecule has 1 N–H and O–H groups in total. The molecule has 0 saturated heterocycles. The zero-order valence-corrected chi connectivity index (χ0v) is 11.4. The SMILES string of the molecule is CC(C)CN(CC(=O)O)C(=O)N(C)C(C)CC#N. The summed E-state index contributed by atoms with van der Waals surface area (Å²) in [5.41, 5.74) is 0. The Kier molecular flexibility index (Phi) is 6.79. The van der Waals surface area contributed by atoms with E-state index in [0.29, 0.717) is 6.54 Å². The first-order valence-corrected chi connectivity index (χ1v) is 5.90. The summed E-state index contributed by atoms with van der Waals surface area (Å²) in [6, 6.07) is 1.41. The highest BCUT2D eigenvalue weighted by molar-refractivity contribution is 5.80. The molecule has 0 aromatic carbocycles. The number of hydrogen-bond acceptors (Lipinski definition) is 3. The molecule has 0 heterocycles. The van der Waals surface area contributed by atoms with Gasteiger partial charge in [0.2, 0.25) is 0 Å². The van der Waals surface area contributed by atoms with E-state index in [0.717, 1.165) is 0 Å². The second-order valence-corrected chi connectivity index (χ2v) is 4.77. The van der Waals surface area contributed by atoms with Crippen LogP contribution in [0, 0.1) is 17.2 Å². The summed E-state index contributed by atoms with van der Waals surface area (Å²) in [4.78, 5) is 25.6. The standard InChI is InChI=1S/C12H21N3O3/c1-9(2)7-15(8-11(16)17)12(18)14(4)10(3)5-6-13/h9-10H,5,7-8H2,1-4H3,(H,16,17). The van der Waals surface area contributed by atoms with Gasteiger partial charge in [-0.3, -0.25) is 4.79 Å². The molecule has 6 nitrogen and oxygen atoms in total. The summed E-state index contributed by atoms with van der Waals surface area (Å²) in [5.74, 6) is -0.849. The number of aliphatic carboxylic acids is 1. The van der Waals surface area contributed by atoms with E-state index in [-0.39, 0.29) is 31.0 Å². The molecule has 0 spiro atoms. The minimum atomic E-state index is -1.04. The molecule has 18 heavy (non-hydrogen) atoms. The van der Waals surface area contributed by atoms with Crippen LogP contribution in [-0.2, 0) is 4.79 Å². The third-order valence-corrected chi connectivity index (χ3v) is 2.53. The molecule has 1 atom stereocenters. The molecule has 0 fully saturated rings. The summed E-state index contributed by atoms with van der Waals surface area (Å²) >= 11 is 0.